The van der Waals surface area contributed by atoms with Crippen molar-refractivity contribution in [2.24, 2.45) is 11.5 Å². The standard InChI is InChI=1S/C14H14FN5O3/c1-7(12(16)21)18-11-6-10(13(17)22)19-14(20-11)23-9-4-2-8(15)3-5-9/h2-7H,1H3,(H2,16,21)(H2,17,22)(H,18,19,20). The molecule has 2 aromatic rings. The van der Waals surface area contributed by atoms with Crippen molar-refractivity contribution in [1.29, 1.82) is 0 Å². The highest BCUT2D eigenvalue weighted by Crippen LogP contribution is 2.20. The fraction of sp³-hybridized carbons (Fsp3) is 0.143. The molecule has 0 saturated carbocycles. The maximum absolute atomic E-state index is 12.9. The van der Waals surface area contributed by atoms with Crippen molar-refractivity contribution < 1.29 is 18.7 Å². The Morgan fingerprint density at radius 2 is 1.87 bits per heavy atom. The first kappa shape index (κ1) is 16.1. The molecule has 0 fully saturated rings. The Morgan fingerprint density at radius 1 is 1.22 bits per heavy atom. The number of nitrogens with two attached hydrogens (primary N) is 2. The van der Waals surface area contributed by atoms with Crippen LogP contribution in [0.1, 0.15) is 17.4 Å². The summed E-state index contributed by atoms with van der Waals surface area (Å²) in [6, 6.07) is 5.47. The van der Waals surface area contributed by atoms with Crippen LogP contribution in [0.5, 0.6) is 11.8 Å². The molecule has 1 unspecified atom stereocenters. The second-order valence-corrected chi connectivity index (χ2v) is 4.61. The molecule has 1 heterocycles. The van der Waals surface area contributed by atoms with E-state index in [0.717, 1.165) is 0 Å². The topological polar surface area (TPSA) is 133 Å². The summed E-state index contributed by atoms with van der Waals surface area (Å²) in [5, 5.41) is 2.70. The summed E-state index contributed by atoms with van der Waals surface area (Å²) in [6.07, 6.45) is 0. The molecule has 0 aliphatic rings. The zero-order valence-corrected chi connectivity index (χ0v) is 12.1. The number of carbonyl (C=O) groups is 2. The monoisotopic (exact) mass is 319 g/mol. The van der Waals surface area contributed by atoms with Crippen molar-refractivity contribution in [2.75, 3.05) is 5.32 Å². The van der Waals surface area contributed by atoms with E-state index in [0.29, 0.717) is 0 Å². The Hall–Kier alpha value is -3.23. The molecule has 0 saturated heterocycles. The minimum atomic E-state index is -0.800. The van der Waals surface area contributed by atoms with Crippen molar-refractivity contribution in [3.8, 4) is 11.8 Å². The number of nitrogens with zero attached hydrogens (tertiary/aromatic N) is 2. The average molecular weight is 319 g/mol. The van der Waals surface area contributed by atoms with Crippen LogP contribution in [-0.4, -0.2) is 27.8 Å². The number of nitrogens with one attached hydrogen (secondary N) is 1. The first-order valence-electron chi connectivity index (χ1n) is 6.53. The molecule has 0 radical (unpaired) electrons. The van der Waals surface area contributed by atoms with Gasteiger partial charge in [0.25, 0.3) is 5.91 Å². The molecular formula is C14H14FN5O3. The normalized spacial score (nSPS) is 11.6. The fourth-order valence-corrected chi connectivity index (χ4v) is 1.57. The molecular weight excluding hydrogens is 305 g/mol. The highest BCUT2D eigenvalue weighted by molar-refractivity contribution is 5.91. The van der Waals surface area contributed by atoms with Gasteiger partial charge in [-0.05, 0) is 31.2 Å². The van der Waals surface area contributed by atoms with Crippen molar-refractivity contribution in [1.82, 2.24) is 9.97 Å². The molecule has 9 heteroatoms. The lowest BCUT2D eigenvalue weighted by Gasteiger charge is -2.12. The SMILES string of the molecule is CC(Nc1cc(C(N)=O)nc(Oc2ccc(F)cc2)n1)C(N)=O. The van der Waals surface area contributed by atoms with Gasteiger partial charge in [-0.2, -0.15) is 9.97 Å². The van der Waals surface area contributed by atoms with Crippen LogP contribution in [0.3, 0.4) is 0 Å². The summed E-state index contributed by atoms with van der Waals surface area (Å²) in [5.74, 6) is -1.43. The van der Waals surface area contributed by atoms with E-state index in [1.807, 2.05) is 0 Å². The number of ether oxygens (including phenoxy) is 1. The van der Waals surface area contributed by atoms with Crippen molar-refractivity contribution in [3.63, 3.8) is 0 Å². The number of hydrogen-bond acceptors (Lipinski definition) is 6. The van der Waals surface area contributed by atoms with Crippen LogP contribution >= 0.6 is 0 Å². The highest BCUT2D eigenvalue weighted by Gasteiger charge is 2.14. The second kappa shape index (κ2) is 6.69. The number of carbonyl (C=O) groups excluding carboxylic acids is 2. The largest absolute Gasteiger partial charge is 0.424 e. The molecule has 0 aliphatic carbocycles. The van der Waals surface area contributed by atoms with Gasteiger partial charge in [-0.1, -0.05) is 0 Å². The van der Waals surface area contributed by atoms with E-state index in [4.69, 9.17) is 16.2 Å². The Morgan fingerprint density at radius 3 is 2.43 bits per heavy atom. The Balaban J connectivity index is 2.30. The van der Waals surface area contributed by atoms with E-state index in [-0.39, 0.29) is 23.3 Å². The molecule has 0 spiro atoms. The van der Waals surface area contributed by atoms with Gasteiger partial charge in [0.05, 0.1) is 0 Å². The van der Waals surface area contributed by atoms with Gasteiger partial charge in [-0.3, -0.25) is 9.59 Å². The quantitative estimate of drug-likeness (QED) is 0.721. The van der Waals surface area contributed by atoms with E-state index >= 15 is 0 Å². The van der Waals surface area contributed by atoms with Crippen LogP contribution in [0.25, 0.3) is 0 Å². The van der Waals surface area contributed by atoms with Gasteiger partial charge in [0.1, 0.15) is 29.1 Å². The van der Waals surface area contributed by atoms with Crippen LogP contribution in [0.4, 0.5) is 10.2 Å². The molecule has 120 valence electrons. The summed E-state index contributed by atoms with van der Waals surface area (Å²) >= 11 is 0. The second-order valence-electron chi connectivity index (χ2n) is 4.61. The van der Waals surface area contributed by atoms with Crippen molar-refractivity contribution >= 4 is 17.6 Å². The van der Waals surface area contributed by atoms with Gasteiger partial charge in [0.2, 0.25) is 5.91 Å². The summed E-state index contributed by atoms with van der Waals surface area (Å²) < 4.78 is 18.2. The van der Waals surface area contributed by atoms with Crippen LogP contribution in [-0.2, 0) is 4.79 Å². The molecule has 2 amide bonds. The van der Waals surface area contributed by atoms with Crippen LogP contribution in [0.2, 0.25) is 0 Å². The first-order valence-corrected chi connectivity index (χ1v) is 6.53. The number of rotatable bonds is 6. The van der Waals surface area contributed by atoms with Gasteiger partial charge in [0.15, 0.2) is 0 Å². The number of benzene rings is 1. The lowest BCUT2D eigenvalue weighted by atomic mass is 10.3. The fourth-order valence-electron chi connectivity index (χ4n) is 1.57. The van der Waals surface area contributed by atoms with Crippen LogP contribution < -0.4 is 21.5 Å². The smallest absolute Gasteiger partial charge is 0.324 e. The minimum absolute atomic E-state index is 0.115. The lowest BCUT2D eigenvalue weighted by Crippen LogP contribution is -2.33. The average Bonchev–Trinajstić information content (AvgIpc) is 2.49. The summed E-state index contributed by atoms with van der Waals surface area (Å²) in [6.45, 7) is 1.52. The number of anilines is 1. The predicted octanol–water partition coefficient (Wildman–Crippen LogP) is 0.793. The number of amides is 2. The molecule has 1 atom stereocenters. The number of primary amides is 2. The van der Waals surface area contributed by atoms with Crippen LogP contribution in [0.15, 0.2) is 30.3 Å². The third kappa shape index (κ3) is 4.37. The number of halogens is 1. The summed E-state index contributed by atoms with van der Waals surface area (Å²) in [5.41, 5.74) is 10.2. The molecule has 1 aromatic carbocycles. The van der Waals surface area contributed by atoms with Gasteiger partial charge in [-0.15, -0.1) is 0 Å². The number of aromatic nitrogens is 2. The van der Waals surface area contributed by atoms with Gasteiger partial charge in [-0.25, -0.2) is 4.39 Å². The first-order chi connectivity index (χ1) is 10.8. The summed E-state index contributed by atoms with van der Waals surface area (Å²) in [4.78, 5) is 30.3. The molecule has 0 bridgehead atoms. The van der Waals surface area contributed by atoms with E-state index < -0.39 is 23.7 Å². The van der Waals surface area contributed by atoms with E-state index in [1.165, 1.54) is 37.3 Å². The van der Waals surface area contributed by atoms with E-state index in [2.05, 4.69) is 15.3 Å². The molecule has 8 nitrogen and oxygen atoms in total. The highest BCUT2D eigenvalue weighted by atomic mass is 19.1. The maximum atomic E-state index is 12.9. The van der Waals surface area contributed by atoms with Gasteiger partial charge in [0, 0.05) is 6.07 Å². The Labute approximate surface area is 130 Å². The Kier molecular flexibility index (Phi) is 4.69. The number of hydrogen-bond donors (Lipinski definition) is 3. The zero-order valence-electron chi connectivity index (χ0n) is 12.1. The molecule has 2 rings (SSSR count). The van der Waals surface area contributed by atoms with E-state index in [9.17, 15) is 14.0 Å². The van der Waals surface area contributed by atoms with Gasteiger partial charge < -0.3 is 21.5 Å². The maximum Gasteiger partial charge on any atom is 0.324 e. The van der Waals surface area contributed by atoms with Crippen molar-refractivity contribution in [3.05, 3.63) is 41.8 Å². The van der Waals surface area contributed by atoms with E-state index in [1.54, 1.807) is 0 Å². The van der Waals surface area contributed by atoms with Crippen LogP contribution in [0, 0.1) is 5.82 Å². The summed E-state index contributed by atoms with van der Waals surface area (Å²) in [7, 11) is 0. The molecule has 23 heavy (non-hydrogen) atoms. The Bertz CT molecular complexity index is 736. The van der Waals surface area contributed by atoms with Crippen molar-refractivity contribution in [2.45, 2.75) is 13.0 Å². The predicted molar refractivity (Wildman–Crippen MR) is 79.3 cm³/mol. The molecule has 1 aromatic heterocycles. The van der Waals surface area contributed by atoms with Gasteiger partial charge >= 0.3 is 6.01 Å². The lowest BCUT2D eigenvalue weighted by molar-refractivity contribution is -0.118. The third-order valence-electron chi connectivity index (χ3n) is 2.77. The third-order valence-corrected chi connectivity index (χ3v) is 2.77. The molecule has 0 aliphatic heterocycles. The zero-order chi connectivity index (χ0) is 17.0. The molecule has 5 N–H and O–H groups in total. The minimum Gasteiger partial charge on any atom is -0.424 e.